The summed E-state index contributed by atoms with van der Waals surface area (Å²) >= 11 is 0. The minimum atomic E-state index is -0.799. The SMILES string of the molecule is CCOC(=O)c1ccccc1OCCNC(=O)c1ccc2nc(C(C)c3nc4c(F)c(-n5ccnc5)c(F)cc4[nH]3)n(C)c2c1. The summed E-state index contributed by atoms with van der Waals surface area (Å²) in [4.78, 5) is 41.2. The largest absolute Gasteiger partial charge is 0.491 e. The van der Waals surface area contributed by atoms with Crippen LogP contribution in [0.15, 0.2) is 67.3 Å². The lowest BCUT2D eigenvalue weighted by Gasteiger charge is -2.11. The summed E-state index contributed by atoms with van der Waals surface area (Å²) < 4.78 is 44.1. The zero-order chi connectivity index (χ0) is 31.7. The minimum absolute atomic E-state index is 0.00744. The summed E-state index contributed by atoms with van der Waals surface area (Å²) in [7, 11) is 1.82. The average Bonchev–Trinajstić information content (AvgIpc) is 3.79. The molecule has 0 aliphatic carbocycles. The lowest BCUT2D eigenvalue weighted by molar-refractivity contribution is 0.0521. The molecule has 2 N–H and O–H groups in total. The van der Waals surface area contributed by atoms with Gasteiger partial charge in [0.2, 0.25) is 0 Å². The highest BCUT2D eigenvalue weighted by atomic mass is 19.1. The summed E-state index contributed by atoms with van der Waals surface area (Å²) in [6.45, 7) is 4.18. The van der Waals surface area contributed by atoms with Crippen molar-refractivity contribution in [3.63, 3.8) is 0 Å². The number of nitrogens with zero attached hydrogens (tertiary/aromatic N) is 5. The van der Waals surface area contributed by atoms with E-state index in [1.807, 2.05) is 18.5 Å². The minimum Gasteiger partial charge on any atom is -0.491 e. The fourth-order valence-corrected chi connectivity index (χ4v) is 5.18. The van der Waals surface area contributed by atoms with Crippen LogP contribution < -0.4 is 10.1 Å². The van der Waals surface area contributed by atoms with Gasteiger partial charge in [-0.25, -0.2) is 28.5 Å². The molecule has 13 heteroatoms. The number of esters is 1. The van der Waals surface area contributed by atoms with Crippen LogP contribution in [0.2, 0.25) is 0 Å². The van der Waals surface area contributed by atoms with Crippen molar-refractivity contribution < 1.29 is 27.8 Å². The Labute approximate surface area is 255 Å². The number of carbonyl (C=O) groups is 2. The molecule has 0 radical (unpaired) electrons. The molecule has 3 heterocycles. The van der Waals surface area contributed by atoms with Gasteiger partial charge in [0.05, 0.1) is 41.9 Å². The van der Waals surface area contributed by atoms with E-state index in [-0.39, 0.29) is 42.4 Å². The molecule has 230 valence electrons. The van der Waals surface area contributed by atoms with Crippen LogP contribution in [-0.2, 0) is 11.8 Å². The Kier molecular flexibility index (Phi) is 7.98. The number of ether oxygens (including phenoxy) is 2. The highest BCUT2D eigenvalue weighted by Crippen LogP contribution is 2.30. The second-order valence-electron chi connectivity index (χ2n) is 10.3. The van der Waals surface area contributed by atoms with E-state index in [0.29, 0.717) is 39.6 Å². The number of aryl methyl sites for hydroxylation is 1. The van der Waals surface area contributed by atoms with E-state index in [2.05, 4.69) is 20.3 Å². The third-order valence-electron chi connectivity index (χ3n) is 7.43. The van der Waals surface area contributed by atoms with E-state index in [1.165, 1.54) is 29.4 Å². The van der Waals surface area contributed by atoms with Crippen molar-refractivity contribution in [3.8, 4) is 11.4 Å². The van der Waals surface area contributed by atoms with Crippen molar-refractivity contribution in [2.24, 2.45) is 7.05 Å². The van der Waals surface area contributed by atoms with E-state index in [0.717, 1.165) is 0 Å². The first-order valence-corrected chi connectivity index (χ1v) is 14.3. The number of hydrogen-bond donors (Lipinski definition) is 2. The molecule has 0 aliphatic heterocycles. The molecule has 0 saturated carbocycles. The molecule has 1 unspecified atom stereocenters. The summed E-state index contributed by atoms with van der Waals surface area (Å²) in [5.74, 6) is -1.35. The monoisotopic (exact) mass is 613 g/mol. The third kappa shape index (κ3) is 5.59. The van der Waals surface area contributed by atoms with Crippen LogP contribution >= 0.6 is 0 Å². The second kappa shape index (κ2) is 12.2. The summed E-state index contributed by atoms with van der Waals surface area (Å²) in [6, 6.07) is 13.1. The number of hydrogen-bond acceptors (Lipinski definition) is 7. The van der Waals surface area contributed by atoms with Gasteiger partial charge in [0.1, 0.15) is 40.8 Å². The number of imidazole rings is 3. The molecule has 6 aromatic rings. The lowest BCUT2D eigenvalue weighted by Crippen LogP contribution is -2.28. The van der Waals surface area contributed by atoms with Gasteiger partial charge >= 0.3 is 5.97 Å². The molecule has 0 fully saturated rings. The number of rotatable bonds is 10. The maximum absolute atomic E-state index is 15.4. The van der Waals surface area contributed by atoms with Gasteiger partial charge in [0, 0.05) is 31.1 Å². The number of halogens is 2. The molecule has 1 amide bonds. The zero-order valence-electron chi connectivity index (χ0n) is 24.7. The second-order valence-corrected chi connectivity index (χ2v) is 10.3. The molecule has 11 nitrogen and oxygen atoms in total. The maximum Gasteiger partial charge on any atom is 0.341 e. The van der Waals surface area contributed by atoms with Gasteiger partial charge in [0.25, 0.3) is 5.91 Å². The third-order valence-corrected chi connectivity index (χ3v) is 7.43. The van der Waals surface area contributed by atoms with Gasteiger partial charge in [0.15, 0.2) is 11.6 Å². The number of carbonyl (C=O) groups excluding carboxylic acids is 2. The summed E-state index contributed by atoms with van der Waals surface area (Å²) in [5.41, 5.74) is 2.08. The first kappa shape index (κ1) is 29.5. The standard InChI is InChI=1S/C32H29F2N7O4/c1-4-44-32(43)20-7-5-6-8-25(20)45-14-12-36-31(42)19-9-10-22-24(15-19)40(3)30(38-22)18(2)29-37-23-16-21(33)28(26(34)27(23)39-29)41-13-11-35-17-41/h5-11,13,15-18H,4,12,14H2,1-3H3,(H,36,42)(H,37,39). The molecule has 1 atom stereocenters. The predicted molar refractivity (Wildman–Crippen MR) is 162 cm³/mol. The first-order valence-electron chi connectivity index (χ1n) is 14.3. The molecular weight excluding hydrogens is 584 g/mol. The topological polar surface area (TPSA) is 129 Å². The van der Waals surface area contributed by atoms with Gasteiger partial charge in [-0.3, -0.25) is 4.79 Å². The van der Waals surface area contributed by atoms with E-state index in [9.17, 15) is 14.0 Å². The number of amides is 1. The van der Waals surface area contributed by atoms with Gasteiger partial charge in [-0.2, -0.15) is 0 Å². The van der Waals surface area contributed by atoms with Gasteiger partial charge in [-0.05, 0) is 44.2 Å². The smallest absolute Gasteiger partial charge is 0.341 e. The molecule has 45 heavy (non-hydrogen) atoms. The number of aromatic nitrogens is 6. The Morgan fingerprint density at radius 3 is 2.71 bits per heavy atom. The highest BCUT2D eigenvalue weighted by Gasteiger charge is 2.24. The van der Waals surface area contributed by atoms with Crippen LogP contribution in [0.4, 0.5) is 8.78 Å². The highest BCUT2D eigenvalue weighted by molar-refractivity contribution is 5.97. The van der Waals surface area contributed by atoms with Crippen LogP contribution in [0.25, 0.3) is 27.8 Å². The summed E-state index contributed by atoms with van der Waals surface area (Å²) in [5, 5.41) is 2.83. The van der Waals surface area contributed by atoms with Crippen LogP contribution in [0.3, 0.4) is 0 Å². The number of para-hydroxylation sites is 1. The van der Waals surface area contributed by atoms with Crippen LogP contribution in [0, 0.1) is 11.6 Å². The van der Waals surface area contributed by atoms with Crippen molar-refractivity contribution in [1.82, 2.24) is 34.4 Å². The van der Waals surface area contributed by atoms with Gasteiger partial charge in [-0.15, -0.1) is 0 Å². The molecule has 6 rings (SSSR count). The fourth-order valence-electron chi connectivity index (χ4n) is 5.18. The van der Waals surface area contributed by atoms with E-state index in [1.54, 1.807) is 49.4 Å². The van der Waals surface area contributed by atoms with Crippen molar-refractivity contribution in [2.45, 2.75) is 19.8 Å². The molecule has 0 saturated heterocycles. The molecule has 0 bridgehead atoms. The summed E-state index contributed by atoms with van der Waals surface area (Å²) in [6.07, 6.45) is 4.21. The normalized spacial score (nSPS) is 12.0. The van der Waals surface area contributed by atoms with Gasteiger partial charge < -0.3 is 28.9 Å². The number of H-pyrrole nitrogens is 1. The van der Waals surface area contributed by atoms with E-state index >= 15 is 4.39 Å². The molecular formula is C32H29F2N7O4. The Balaban J connectivity index is 1.17. The molecule has 0 aliphatic rings. The average molecular weight is 614 g/mol. The zero-order valence-corrected chi connectivity index (χ0v) is 24.7. The Morgan fingerprint density at radius 1 is 1.11 bits per heavy atom. The van der Waals surface area contributed by atoms with E-state index in [4.69, 9.17) is 14.5 Å². The lowest BCUT2D eigenvalue weighted by atomic mass is 10.1. The van der Waals surface area contributed by atoms with Crippen LogP contribution in [0.1, 0.15) is 52.1 Å². The Hall–Kier alpha value is -5.59. The number of fused-ring (bicyclic) bond motifs is 2. The van der Waals surface area contributed by atoms with Crippen molar-refractivity contribution >= 4 is 33.9 Å². The van der Waals surface area contributed by atoms with Crippen LogP contribution in [-0.4, -0.2) is 60.7 Å². The predicted octanol–water partition coefficient (Wildman–Crippen LogP) is 5.05. The molecule has 3 aromatic carbocycles. The molecule has 0 spiro atoms. The first-order chi connectivity index (χ1) is 21.8. The van der Waals surface area contributed by atoms with Crippen molar-refractivity contribution in [3.05, 3.63) is 102 Å². The van der Waals surface area contributed by atoms with Gasteiger partial charge in [-0.1, -0.05) is 12.1 Å². The Bertz CT molecular complexity index is 2030. The number of benzene rings is 3. The van der Waals surface area contributed by atoms with Crippen molar-refractivity contribution in [1.29, 1.82) is 0 Å². The van der Waals surface area contributed by atoms with E-state index < -0.39 is 23.5 Å². The number of aromatic amines is 1. The van der Waals surface area contributed by atoms with Crippen LogP contribution in [0.5, 0.6) is 5.75 Å². The maximum atomic E-state index is 15.4. The van der Waals surface area contributed by atoms with Crippen molar-refractivity contribution in [2.75, 3.05) is 19.8 Å². The Morgan fingerprint density at radius 2 is 1.93 bits per heavy atom. The number of nitrogens with one attached hydrogen (secondary N) is 2. The quantitative estimate of drug-likeness (QED) is 0.163. The molecule has 3 aromatic heterocycles. The fraction of sp³-hybridized carbons (Fsp3) is 0.219.